The van der Waals surface area contributed by atoms with Crippen LogP contribution in [0, 0.1) is 0 Å². The van der Waals surface area contributed by atoms with E-state index in [0.717, 1.165) is 4.88 Å². The van der Waals surface area contributed by atoms with Crippen LogP contribution in [-0.2, 0) is 9.59 Å². The van der Waals surface area contributed by atoms with Crippen molar-refractivity contribution in [2.75, 3.05) is 0 Å². The summed E-state index contributed by atoms with van der Waals surface area (Å²) < 4.78 is 0. The van der Waals surface area contributed by atoms with Gasteiger partial charge in [-0.15, -0.1) is 11.3 Å². The summed E-state index contributed by atoms with van der Waals surface area (Å²) >= 11 is 1.54. The first-order valence-electron chi connectivity index (χ1n) is 4.69. The van der Waals surface area contributed by atoms with E-state index >= 15 is 0 Å². The first-order valence-corrected chi connectivity index (χ1v) is 5.57. The molecule has 0 bridgehead atoms. The quantitative estimate of drug-likeness (QED) is 0.834. The van der Waals surface area contributed by atoms with Gasteiger partial charge in [0.25, 0.3) is 0 Å². The van der Waals surface area contributed by atoms with Crippen molar-refractivity contribution in [3.63, 3.8) is 0 Å². The van der Waals surface area contributed by atoms with Crippen molar-refractivity contribution in [3.05, 3.63) is 34.0 Å². The molecule has 0 saturated carbocycles. The van der Waals surface area contributed by atoms with Crippen molar-refractivity contribution < 1.29 is 14.7 Å². The minimum Gasteiger partial charge on any atom is -0.478 e. The van der Waals surface area contributed by atoms with Crippen molar-refractivity contribution >= 4 is 23.1 Å². The summed E-state index contributed by atoms with van der Waals surface area (Å²) in [7, 11) is 0. The Hall–Kier alpha value is -1.42. The molecule has 0 spiro atoms. The summed E-state index contributed by atoms with van der Waals surface area (Å²) in [6.07, 6.45) is 2.33. The molecular weight excluding hydrogens is 212 g/mol. The van der Waals surface area contributed by atoms with Gasteiger partial charge in [0.15, 0.2) is 5.78 Å². The molecule has 0 radical (unpaired) electrons. The van der Waals surface area contributed by atoms with Gasteiger partial charge in [-0.25, -0.2) is 4.79 Å². The Morgan fingerprint density at radius 1 is 1.53 bits per heavy atom. The highest BCUT2D eigenvalue weighted by molar-refractivity contribution is 7.10. The third-order valence-electron chi connectivity index (χ3n) is 2.50. The lowest BCUT2D eigenvalue weighted by Crippen LogP contribution is -2.17. The third-order valence-corrected chi connectivity index (χ3v) is 3.49. The van der Waals surface area contributed by atoms with Crippen LogP contribution in [0.15, 0.2) is 29.2 Å². The van der Waals surface area contributed by atoms with Gasteiger partial charge in [0.1, 0.15) is 0 Å². The van der Waals surface area contributed by atoms with E-state index in [1.54, 1.807) is 0 Å². The Balaban J connectivity index is 2.36. The van der Waals surface area contributed by atoms with Crippen LogP contribution in [0.5, 0.6) is 0 Å². The van der Waals surface area contributed by atoms with Gasteiger partial charge in [-0.3, -0.25) is 4.79 Å². The van der Waals surface area contributed by atoms with Crippen LogP contribution in [0.1, 0.15) is 23.6 Å². The van der Waals surface area contributed by atoms with Crippen LogP contribution in [0.2, 0.25) is 0 Å². The molecule has 4 heteroatoms. The number of hydrogen-bond donors (Lipinski definition) is 1. The molecule has 1 aliphatic rings. The molecule has 3 nitrogen and oxygen atoms in total. The molecule has 1 N–H and O–H groups in total. The fraction of sp³-hybridized carbons (Fsp3) is 0.273. The molecule has 0 aliphatic heterocycles. The lowest BCUT2D eigenvalue weighted by atomic mass is 9.86. The maximum atomic E-state index is 11.2. The number of carboxylic acid groups (broad SMARTS) is 1. The van der Waals surface area contributed by atoms with E-state index in [4.69, 9.17) is 5.11 Å². The lowest BCUT2D eigenvalue weighted by Gasteiger charge is -2.19. The average Bonchev–Trinajstić information content (AvgIpc) is 2.70. The maximum Gasteiger partial charge on any atom is 0.332 e. The van der Waals surface area contributed by atoms with Crippen LogP contribution in [-0.4, -0.2) is 16.9 Å². The van der Waals surface area contributed by atoms with Crippen molar-refractivity contribution in [2.45, 2.75) is 18.8 Å². The summed E-state index contributed by atoms with van der Waals surface area (Å²) in [5, 5.41) is 10.9. The Kier molecular flexibility index (Phi) is 2.68. The van der Waals surface area contributed by atoms with Gasteiger partial charge in [0.05, 0.1) is 0 Å². The number of allylic oxidation sites excluding steroid dienone is 1. The van der Waals surface area contributed by atoms with E-state index in [1.165, 1.54) is 17.4 Å². The van der Waals surface area contributed by atoms with E-state index in [2.05, 4.69) is 0 Å². The van der Waals surface area contributed by atoms with E-state index in [0.29, 0.717) is 12.8 Å². The highest BCUT2D eigenvalue weighted by atomic mass is 32.1. The normalized spacial score (nSPS) is 21.2. The van der Waals surface area contributed by atoms with Crippen LogP contribution in [0.3, 0.4) is 0 Å². The molecule has 1 aromatic heterocycles. The minimum absolute atomic E-state index is 0.0831. The molecule has 78 valence electrons. The van der Waals surface area contributed by atoms with Gasteiger partial charge in [-0.2, -0.15) is 0 Å². The highest BCUT2D eigenvalue weighted by Gasteiger charge is 2.28. The lowest BCUT2D eigenvalue weighted by molar-refractivity contribution is -0.133. The van der Waals surface area contributed by atoms with Gasteiger partial charge in [0.2, 0.25) is 0 Å². The molecule has 0 unspecified atom stereocenters. The molecule has 0 amide bonds. The van der Waals surface area contributed by atoms with Gasteiger partial charge in [-0.1, -0.05) is 6.07 Å². The van der Waals surface area contributed by atoms with Crippen LogP contribution < -0.4 is 0 Å². The number of carboxylic acids is 1. The fourth-order valence-electron chi connectivity index (χ4n) is 1.78. The van der Waals surface area contributed by atoms with E-state index in [9.17, 15) is 9.59 Å². The van der Waals surface area contributed by atoms with E-state index in [1.807, 2.05) is 17.5 Å². The summed E-state index contributed by atoms with van der Waals surface area (Å²) in [6, 6.07) is 3.82. The SMILES string of the molecule is O=C1C=C(C(=O)O)[C@@H](c2cccs2)CC1. The Labute approximate surface area is 91.0 Å². The second-order valence-corrected chi connectivity index (χ2v) is 4.46. The monoisotopic (exact) mass is 222 g/mol. The smallest absolute Gasteiger partial charge is 0.332 e. The van der Waals surface area contributed by atoms with Crippen molar-refractivity contribution in [3.8, 4) is 0 Å². The average molecular weight is 222 g/mol. The number of rotatable bonds is 2. The largest absolute Gasteiger partial charge is 0.478 e. The molecule has 0 aromatic carbocycles. The maximum absolute atomic E-state index is 11.2. The second kappa shape index (κ2) is 3.98. The molecule has 1 aliphatic carbocycles. The van der Waals surface area contributed by atoms with Crippen molar-refractivity contribution in [1.29, 1.82) is 0 Å². The molecule has 1 atom stereocenters. The predicted molar refractivity (Wildman–Crippen MR) is 57.0 cm³/mol. The first kappa shape index (κ1) is 10.1. The fourth-order valence-corrected chi connectivity index (χ4v) is 2.66. The molecule has 0 fully saturated rings. The second-order valence-electron chi connectivity index (χ2n) is 3.48. The number of carbonyl (C=O) groups is 2. The Morgan fingerprint density at radius 2 is 2.33 bits per heavy atom. The van der Waals surface area contributed by atoms with E-state index < -0.39 is 5.97 Å². The number of hydrogen-bond acceptors (Lipinski definition) is 3. The van der Waals surface area contributed by atoms with E-state index in [-0.39, 0.29) is 17.3 Å². The topological polar surface area (TPSA) is 54.4 Å². The Morgan fingerprint density at radius 3 is 2.93 bits per heavy atom. The van der Waals surface area contributed by atoms with Crippen LogP contribution >= 0.6 is 11.3 Å². The molecule has 2 rings (SSSR count). The number of carbonyl (C=O) groups excluding carboxylic acids is 1. The summed E-state index contributed by atoms with van der Waals surface area (Å²) in [6.45, 7) is 0. The summed E-state index contributed by atoms with van der Waals surface area (Å²) in [5.74, 6) is -1.18. The van der Waals surface area contributed by atoms with Crippen LogP contribution in [0.25, 0.3) is 0 Å². The number of ketones is 1. The molecule has 15 heavy (non-hydrogen) atoms. The van der Waals surface area contributed by atoms with Gasteiger partial charge < -0.3 is 5.11 Å². The standard InChI is InChI=1S/C11H10O3S/c12-7-3-4-8(9(6-7)11(13)14)10-2-1-5-15-10/h1-2,5-6,8H,3-4H2,(H,13,14)/t8-/m0/s1. The van der Waals surface area contributed by atoms with Gasteiger partial charge in [0, 0.05) is 22.8 Å². The number of aliphatic carboxylic acids is 1. The van der Waals surface area contributed by atoms with Gasteiger partial charge >= 0.3 is 5.97 Å². The highest BCUT2D eigenvalue weighted by Crippen LogP contribution is 2.35. The zero-order valence-electron chi connectivity index (χ0n) is 7.97. The van der Waals surface area contributed by atoms with Crippen LogP contribution in [0.4, 0.5) is 0 Å². The van der Waals surface area contributed by atoms with Crippen molar-refractivity contribution in [2.24, 2.45) is 0 Å². The minimum atomic E-state index is -0.985. The zero-order chi connectivity index (χ0) is 10.8. The third kappa shape index (κ3) is 1.99. The summed E-state index contributed by atoms with van der Waals surface area (Å²) in [5.41, 5.74) is 0.230. The first-order chi connectivity index (χ1) is 7.18. The molecular formula is C11H10O3S. The molecule has 0 saturated heterocycles. The molecule has 1 aromatic rings. The van der Waals surface area contributed by atoms with Crippen molar-refractivity contribution in [1.82, 2.24) is 0 Å². The van der Waals surface area contributed by atoms with Gasteiger partial charge in [-0.05, 0) is 23.9 Å². The zero-order valence-corrected chi connectivity index (χ0v) is 8.79. The Bertz CT molecular complexity index is 417. The number of thiophene rings is 1. The summed E-state index contributed by atoms with van der Waals surface area (Å²) in [4.78, 5) is 23.2. The molecule has 1 heterocycles. The predicted octanol–water partition coefficient (Wildman–Crippen LogP) is 2.21.